The number of carbonyl (C=O) groups is 1. The van der Waals surface area contributed by atoms with Crippen LogP contribution in [0.2, 0.25) is 0 Å². The highest BCUT2D eigenvalue weighted by Crippen LogP contribution is 2.13. The zero-order chi connectivity index (χ0) is 9.78. The van der Waals surface area contributed by atoms with Crippen molar-refractivity contribution in [2.24, 2.45) is 0 Å². The highest BCUT2D eigenvalue weighted by Gasteiger charge is 2.38. The van der Waals surface area contributed by atoms with Crippen LogP contribution in [0.4, 0.5) is 13.2 Å². The molecule has 0 saturated carbocycles. The van der Waals surface area contributed by atoms with Crippen molar-refractivity contribution in [1.82, 2.24) is 5.32 Å². The molecule has 6 heteroatoms. The van der Waals surface area contributed by atoms with Gasteiger partial charge in [0.15, 0.2) is 0 Å². The van der Waals surface area contributed by atoms with Crippen molar-refractivity contribution >= 4 is 5.97 Å². The van der Waals surface area contributed by atoms with E-state index >= 15 is 0 Å². The van der Waals surface area contributed by atoms with Gasteiger partial charge >= 0.3 is 12.1 Å². The van der Waals surface area contributed by atoms with Gasteiger partial charge in [0.25, 0.3) is 0 Å². The Kier molecular flexibility index (Phi) is 4.02. The molecule has 0 radical (unpaired) electrons. The van der Waals surface area contributed by atoms with Crippen molar-refractivity contribution in [3.8, 4) is 0 Å². The smallest absolute Gasteiger partial charge is 0.475 e. The van der Waals surface area contributed by atoms with Gasteiger partial charge < -0.3 is 10.4 Å². The molecule has 12 heavy (non-hydrogen) atoms. The first-order valence-corrected chi connectivity index (χ1v) is 3.37. The summed E-state index contributed by atoms with van der Waals surface area (Å²) in [6, 6.07) is 0.815. The number of rotatable bonds is 0. The number of alkyl halides is 3. The lowest BCUT2D eigenvalue weighted by Crippen LogP contribution is -2.39. The lowest BCUT2D eigenvalue weighted by atomic mass is 10.1. The van der Waals surface area contributed by atoms with E-state index in [-0.39, 0.29) is 0 Å². The Morgan fingerprint density at radius 2 is 1.83 bits per heavy atom. The third-order valence-corrected chi connectivity index (χ3v) is 1.31. The lowest BCUT2D eigenvalue weighted by Gasteiger charge is -2.22. The van der Waals surface area contributed by atoms with Crippen LogP contribution in [0, 0.1) is 0 Å². The maximum atomic E-state index is 10.6. The summed E-state index contributed by atoms with van der Waals surface area (Å²) in [6.45, 7) is 3.44. The minimum absolute atomic E-state index is 0.815. The van der Waals surface area contributed by atoms with Gasteiger partial charge in [-0.05, 0) is 19.9 Å². The van der Waals surface area contributed by atoms with Gasteiger partial charge in [0.2, 0.25) is 0 Å². The molecule has 1 fully saturated rings. The molecule has 0 aliphatic carbocycles. The number of carboxylic acid groups (broad SMARTS) is 1. The molecule has 1 rings (SSSR count). The molecule has 1 saturated heterocycles. The SMILES string of the molecule is C[C@H]1CCN1.O=C(O)C(F)(F)F. The molecular weight excluding hydrogens is 175 g/mol. The Balaban J connectivity index is 0.000000211. The summed E-state index contributed by atoms with van der Waals surface area (Å²) in [7, 11) is 0. The van der Waals surface area contributed by atoms with E-state index in [1.165, 1.54) is 13.0 Å². The molecule has 1 aliphatic rings. The number of halogens is 3. The first-order valence-electron chi connectivity index (χ1n) is 3.37. The van der Waals surface area contributed by atoms with E-state index in [1.807, 2.05) is 0 Å². The zero-order valence-electron chi connectivity index (χ0n) is 6.48. The van der Waals surface area contributed by atoms with Gasteiger partial charge in [-0.25, -0.2) is 4.79 Å². The van der Waals surface area contributed by atoms with Gasteiger partial charge in [-0.15, -0.1) is 0 Å². The average Bonchev–Trinajstić information content (AvgIpc) is 1.83. The molecule has 0 aromatic carbocycles. The number of carboxylic acids is 1. The average molecular weight is 185 g/mol. The topological polar surface area (TPSA) is 49.3 Å². The molecule has 0 bridgehead atoms. The maximum Gasteiger partial charge on any atom is 0.490 e. The second kappa shape index (κ2) is 4.30. The number of nitrogens with one attached hydrogen (secondary N) is 1. The standard InChI is InChI=1S/C4H9N.C2HF3O2/c1-4-2-3-5-4;3-2(4,5)1(6)7/h4-5H,2-3H2,1H3;(H,6,7)/t4-;/m0./s1. The maximum absolute atomic E-state index is 10.6. The number of hydrogen-bond donors (Lipinski definition) is 2. The van der Waals surface area contributed by atoms with E-state index < -0.39 is 12.1 Å². The molecule has 2 N–H and O–H groups in total. The molecular formula is C6H10F3NO2. The third kappa shape index (κ3) is 4.95. The molecule has 0 aromatic rings. The minimum atomic E-state index is -5.08. The summed E-state index contributed by atoms with van der Waals surface area (Å²) in [4.78, 5) is 8.90. The van der Waals surface area contributed by atoms with Gasteiger partial charge in [0, 0.05) is 6.04 Å². The predicted octanol–water partition coefficient (Wildman–Crippen LogP) is 1.00. The second-order valence-corrected chi connectivity index (χ2v) is 2.45. The third-order valence-electron chi connectivity index (χ3n) is 1.31. The fraction of sp³-hybridized carbons (Fsp3) is 0.833. The van der Waals surface area contributed by atoms with Crippen LogP contribution in [0.3, 0.4) is 0 Å². The largest absolute Gasteiger partial charge is 0.490 e. The van der Waals surface area contributed by atoms with E-state index in [1.54, 1.807) is 0 Å². The van der Waals surface area contributed by atoms with Crippen molar-refractivity contribution < 1.29 is 23.1 Å². The molecule has 0 spiro atoms. The lowest BCUT2D eigenvalue weighted by molar-refractivity contribution is -0.192. The Morgan fingerprint density at radius 3 is 1.83 bits per heavy atom. The van der Waals surface area contributed by atoms with Crippen LogP contribution in [0.15, 0.2) is 0 Å². The number of aliphatic carboxylic acids is 1. The van der Waals surface area contributed by atoms with Crippen LogP contribution >= 0.6 is 0 Å². The summed E-state index contributed by atoms with van der Waals surface area (Å²) in [5.74, 6) is -2.76. The zero-order valence-corrected chi connectivity index (χ0v) is 6.48. The van der Waals surface area contributed by atoms with Crippen molar-refractivity contribution in [1.29, 1.82) is 0 Å². The van der Waals surface area contributed by atoms with Gasteiger partial charge in [0.1, 0.15) is 0 Å². The van der Waals surface area contributed by atoms with Gasteiger partial charge in [-0.2, -0.15) is 13.2 Å². The molecule has 0 unspecified atom stereocenters. The molecule has 1 heterocycles. The Hall–Kier alpha value is -0.780. The Labute approximate surface area is 67.6 Å². The summed E-state index contributed by atoms with van der Waals surface area (Å²) in [5, 5.41) is 10.3. The van der Waals surface area contributed by atoms with Crippen LogP contribution in [0.1, 0.15) is 13.3 Å². The van der Waals surface area contributed by atoms with Crippen molar-refractivity contribution in [3.63, 3.8) is 0 Å². The first-order chi connectivity index (χ1) is 5.34. The van der Waals surface area contributed by atoms with Crippen LogP contribution in [0.5, 0.6) is 0 Å². The van der Waals surface area contributed by atoms with Gasteiger partial charge in [-0.1, -0.05) is 0 Å². The van der Waals surface area contributed by atoms with Gasteiger partial charge in [0.05, 0.1) is 0 Å². The Morgan fingerprint density at radius 1 is 1.58 bits per heavy atom. The summed E-state index contributed by atoms with van der Waals surface area (Å²) < 4.78 is 31.7. The van der Waals surface area contributed by atoms with Crippen molar-refractivity contribution in [2.75, 3.05) is 6.54 Å². The quantitative estimate of drug-likeness (QED) is 0.592. The number of hydrogen-bond acceptors (Lipinski definition) is 2. The van der Waals surface area contributed by atoms with E-state index in [4.69, 9.17) is 9.90 Å². The van der Waals surface area contributed by atoms with E-state index in [9.17, 15) is 13.2 Å². The molecule has 1 aliphatic heterocycles. The minimum Gasteiger partial charge on any atom is -0.475 e. The molecule has 1 atom stereocenters. The normalized spacial score (nSPS) is 21.8. The summed E-state index contributed by atoms with van der Waals surface area (Å²) in [6.07, 6.45) is -3.71. The van der Waals surface area contributed by atoms with Crippen molar-refractivity contribution in [2.45, 2.75) is 25.6 Å². The second-order valence-electron chi connectivity index (χ2n) is 2.45. The van der Waals surface area contributed by atoms with Gasteiger partial charge in [-0.3, -0.25) is 0 Å². The van der Waals surface area contributed by atoms with Crippen LogP contribution < -0.4 is 5.32 Å². The highest BCUT2D eigenvalue weighted by molar-refractivity contribution is 5.73. The summed E-state index contributed by atoms with van der Waals surface area (Å²) in [5.41, 5.74) is 0. The predicted molar refractivity (Wildman–Crippen MR) is 35.8 cm³/mol. The van der Waals surface area contributed by atoms with E-state index in [0.29, 0.717) is 0 Å². The van der Waals surface area contributed by atoms with Crippen LogP contribution in [0.25, 0.3) is 0 Å². The van der Waals surface area contributed by atoms with E-state index in [2.05, 4.69) is 12.2 Å². The Bertz CT molecular complexity index is 153. The van der Waals surface area contributed by atoms with Crippen LogP contribution in [-0.2, 0) is 4.79 Å². The fourth-order valence-corrected chi connectivity index (χ4v) is 0.433. The monoisotopic (exact) mass is 185 g/mol. The molecule has 0 amide bonds. The molecule has 0 aromatic heterocycles. The molecule has 3 nitrogen and oxygen atoms in total. The first kappa shape index (κ1) is 11.2. The fourth-order valence-electron chi connectivity index (χ4n) is 0.433. The van der Waals surface area contributed by atoms with Crippen LogP contribution in [-0.4, -0.2) is 29.8 Å². The summed E-state index contributed by atoms with van der Waals surface area (Å²) >= 11 is 0. The highest BCUT2D eigenvalue weighted by atomic mass is 19.4. The van der Waals surface area contributed by atoms with E-state index in [0.717, 1.165) is 6.04 Å². The van der Waals surface area contributed by atoms with Crippen molar-refractivity contribution in [3.05, 3.63) is 0 Å². The molecule has 72 valence electrons.